The minimum absolute atomic E-state index is 0.0613. The third-order valence-electron chi connectivity index (χ3n) is 5.26. The molecule has 7 heteroatoms. The summed E-state index contributed by atoms with van der Waals surface area (Å²) in [6, 6.07) is 16.9. The van der Waals surface area contributed by atoms with Crippen molar-refractivity contribution in [2.24, 2.45) is 0 Å². The summed E-state index contributed by atoms with van der Waals surface area (Å²) in [6.45, 7) is 1.30. The van der Waals surface area contributed by atoms with Crippen molar-refractivity contribution in [3.8, 4) is 0 Å². The normalized spacial score (nSPS) is 16.5. The number of nitrogens with zero attached hydrogens (tertiary/aromatic N) is 3. The number of nitrogen functional groups attached to an aromatic ring is 1. The summed E-state index contributed by atoms with van der Waals surface area (Å²) in [5.74, 6) is 0.0635. The van der Waals surface area contributed by atoms with Crippen molar-refractivity contribution >= 4 is 39.6 Å². The van der Waals surface area contributed by atoms with Gasteiger partial charge in [-0.3, -0.25) is 4.79 Å². The lowest BCUT2D eigenvalue weighted by molar-refractivity contribution is 0.0979. The van der Waals surface area contributed by atoms with Crippen LogP contribution in [0.15, 0.2) is 54.6 Å². The Hall–Kier alpha value is -3.45. The van der Waals surface area contributed by atoms with Gasteiger partial charge in [0.25, 0.3) is 5.91 Å². The predicted octanol–water partition coefficient (Wildman–Crippen LogP) is 3.60. The van der Waals surface area contributed by atoms with Crippen LogP contribution in [0.3, 0.4) is 0 Å². The zero-order valence-corrected chi connectivity index (χ0v) is 15.8. The fraction of sp³-hybridized carbons (Fsp3) is 0.227. The number of rotatable bonds is 4. The molecule has 1 atom stereocenters. The van der Waals surface area contributed by atoms with Crippen LogP contribution in [-0.4, -0.2) is 33.2 Å². The van der Waals surface area contributed by atoms with Gasteiger partial charge in [0, 0.05) is 12.3 Å². The van der Waals surface area contributed by atoms with Crippen LogP contribution in [-0.2, 0) is 11.3 Å². The lowest BCUT2D eigenvalue weighted by atomic mass is 10.2. The van der Waals surface area contributed by atoms with Gasteiger partial charge in [0.15, 0.2) is 5.65 Å². The number of hydrogen-bond donors (Lipinski definition) is 2. The average Bonchev–Trinajstić information content (AvgIpc) is 3.34. The van der Waals surface area contributed by atoms with E-state index in [0.29, 0.717) is 34.8 Å². The molecule has 1 saturated heterocycles. The highest BCUT2D eigenvalue weighted by molar-refractivity contribution is 6.16. The highest BCUT2D eigenvalue weighted by Crippen LogP contribution is 2.30. The van der Waals surface area contributed by atoms with Gasteiger partial charge >= 0.3 is 0 Å². The van der Waals surface area contributed by atoms with Crippen molar-refractivity contribution in [2.75, 3.05) is 17.7 Å². The zero-order chi connectivity index (χ0) is 19.8. The van der Waals surface area contributed by atoms with Crippen LogP contribution in [0.1, 0.15) is 23.2 Å². The third kappa shape index (κ3) is 3.19. The molecule has 5 rings (SSSR count). The fourth-order valence-corrected chi connectivity index (χ4v) is 3.83. The molecule has 1 aliphatic rings. The molecule has 1 aliphatic heterocycles. The van der Waals surface area contributed by atoms with Crippen LogP contribution in [0.5, 0.6) is 0 Å². The van der Waals surface area contributed by atoms with Gasteiger partial charge in [-0.1, -0.05) is 30.3 Å². The predicted molar refractivity (Wildman–Crippen MR) is 113 cm³/mol. The van der Waals surface area contributed by atoms with E-state index in [1.807, 2.05) is 59.2 Å². The van der Waals surface area contributed by atoms with Gasteiger partial charge in [-0.15, -0.1) is 0 Å². The van der Waals surface area contributed by atoms with Crippen LogP contribution in [0.25, 0.3) is 22.2 Å². The molecule has 7 nitrogen and oxygen atoms in total. The Bertz CT molecular complexity index is 1200. The molecule has 3 N–H and O–H groups in total. The number of amides is 1. The SMILES string of the molecule is Nc1c(C(=O)Nc2ccccc2)c2nc3ccccc3nc2n1CC1CCCO1. The number of hydrogen-bond acceptors (Lipinski definition) is 5. The van der Waals surface area contributed by atoms with E-state index in [1.165, 1.54) is 0 Å². The van der Waals surface area contributed by atoms with E-state index in [1.54, 1.807) is 0 Å². The second kappa shape index (κ2) is 7.18. The molecule has 1 fully saturated rings. The molecule has 0 radical (unpaired) electrons. The number of fused-ring (bicyclic) bond motifs is 2. The molecule has 0 bridgehead atoms. The summed E-state index contributed by atoms with van der Waals surface area (Å²) in [7, 11) is 0. The van der Waals surface area contributed by atoms with Gasteiger partial charge in [-0.05, 0) is 37.1 Å². The number of ether oxygens (including phenoxy) is 1. The number of carbonyl (C=O) groups excluding carboxylic acids is 1. The maximum Gasteiger partial charge on any atom is 0.261 e. The maximum absolute atomic E-state index is 13.1. The van der Waals surface area contributed by atoms with Crippen molar-refractivity contribution in [3.63, 3.8) is 0 Å². The second-order valence-corrected chi connectivity index (χ2v) is 7.21. The molecular formula is C22H21N5O2. The molecular weight excluding hydrogens is 366 g/mol. The first-order valence-corrected chi connectivity index (χ1v) is 9.73. The van der Waals surface area contributed by atoms with Crippen LogP contribution in [0.4, 0.5) is 11.5 Å². The third-order valence-corrected chi connectivity index (χ3v) is 5.26. The quantitative estimate of drug-likeness (QED) is 0.558. The molecule has 0 aliphatic carbocycles. The molecule has 3 heterocycles. The molecule has 0 saturated carbocycles. The molecule has 2 aromatic heterocycles. The standard InChI is InChI=1S/C22H21N5O2/c23-20-18(22(28)24-14-7-2-1-3-8-14)19-21(27(20)13-15-9-6-12-29-15)26-17-11-5-4-10-16(17)25-19/h1-5,7-8,10-11,15H,6,9,12-13,23H2,(H,24,28). The van der Waals surface area contributed by atoms with Crippen molar-refractivity contribution in [3.05, 3.63) is 60.2 Å². The van der Waals surface area contributed by atoms with E-state index in [4.69, 9.17) is 20.4 Å². The van der Waals surface area contributed by atoms with Crippen LogP contribution in [0, 0.1) is 0 Å². The lowest BCUT2D eigenvalue weighted by Crippen LogP contribution is -2.18. The number of carbonyl (C=O) groups is 1. The van der Waals surface area contributed by atoms with E-state index in [-0.39, 0.29) is 12.0 Å². The van der Waals surface area contributed by atoms with E-state index in [0.717, 1.165) is 30.5 Å². The maximum atomic E-state index is 13.1. The minimum Gasteiger partial charge on any atom is -0.384 e. The summed E-state index contributed by atoms with van der Waals surface area (Å²) >= 11 is 0. The molecule has 146 valence electrons. The Morgan fingerprint density at radius 1 is 1.10 bits per heavy atom. The smallest absolute Gasteiger partial charge is 0.261 e. The van der Waals surface area contributed by atoms with E-state index < -0.39 is 0 Å². The van der Waals surface area contributed by atoms with Crippen molar-refractivity contribution < 1.29 is 9.53 Å². The fourth-order valence-electron chi connectivity index (χ4n) is 3.83. The molecule has 1 amide bonds. The van der Waals surface area contributed by atoms with Crippen LogP contribution >= 0.6 is 0 Å². The summed E-state index contributed by atoms with van der Waals surface area (Å²) in [6.07, 6.45) is 2.05. The van der Waals surface area contributed by atoms with Gasteiger partial charge in [0.2, 0.25) is 0 Å². The minimum atomic E-state index is -0.297. The Morgan fingerprint density at radius 2 is 1.83 bits per heavy atom. The lowest BCUT2D eigenvalue weighted by Gasteiger charge is -2.13. The number of anilines is 2. The molecule has 2 aromatic carbocycles. The molecule has 29 heavy (non-hydrogen) atoms. The highest BCUT2D eigenvalue weighted by Gasteiger charge is 2.26. The Labute approximate surface area is 167 Å². The largest absolute Gasteiger partial charge is 0.384 e. The Kier molecular flexibility index (Phi) is 4.37. The summed E-state index contributed by atoms with van der Waals surface area (Å²) in [5, 5.41) is 2.91. The van der Waals surface area contributed by atoms with Gasteiger partial charge < -0.3 is 20.4 Å². The molecule has 4 aromatic rings. The van der Waals surface area contributed by atoms with Gasteiger partial charge in [0.1, 0.15) is 16.9 Å². The first kappa shape index (κ1) is 17.6. The second-order valence-electron chi connectivity index (χ2n) is 7.21. The first-order chi connectivity index (χ1) is 14.2. The summed E-state index contributed by atoms with van der Waals surface area (Å²) < 4.78 is 7.65. The van der Waals surface area contributed by atoms with Crippen molar-refractivity contribution in [1.82, 2.24) is 14.5 Å². The number of benzene rings is 2. The number of para-hydroxylation sites is 3. The summed E-state index contributed by atoms with van der Waals surface area (Å²) in [5.41, 5.74) is 10.1. The van der Waals surface area contributed by atoms with Crippen molar-refractivity contribution in [2.45, 2.75) is 25.5 Å². The average molecular weight is 387 g/mol. The Balaban J connectivity index is 1.65. The molecule has 0 spiro atoms. The number of nitrogens with one attached hydrogen (secondary N) is 1. The van der Waals surface area contributed by atoms with E-state index in [9.17, 15) is 4.79 Å². The highest BCUT2D eigenvalue weighted by atomic mass is 16.5. The number of aromatic nitrogens is 3. The topological polar surface area (TPSA) is 95.1 Å². The van der Waals surface area contributed by atoms with Gasteiger partial charge in [0.05, 0.1) is 23.7 Å². The number of nitrogens with two attached hydrogens (primary N) is 1. The van der Waals surface area contributed by atoms with Crippen molar-refractivity contribution in [1.29, 1.82) is 0 Å². The zero-order valence-electron chi connectivity index (χ0n) is 15.8. The van der Waals surface area contributed by atoms with Crippen LogP contribution < -0.4 is 11.1 Å². The van der Waals surface area contributed by atoms with Gasteiger partial charge in [-0.25, -0.2) is 9.97 Å². The summed E-state index contributed by atoms with van der Waals surface area (Å²) in [4.78, 5) is 22.6. The monoisotopic (exact) mass is 387 g/mol. The van der Waals surface area contributed by atoms with E-state index >= 15 is 0 Å². The molecule has 1 unspecified atom stereocenters. The van der Waals surface area contributed by atoms with E-state index in [2.05, 4.69) is 5.32 Å². The first-order valence-electron chi connectivity index (χ1n) is 9.73. The Morgan fingerprint density at radius 3 is 2.55 bits per heavy atom. The van der Waals surface area contributed by atoms with Crippen LogP contribution in [0.2, 0.25) is 0 Å². The van der Waals surface area contributed by atoms with Gasteiger partial charge in [-0.2, -0.15) is 0 Å².